The fourth-order valence-corrected chi connectivity index (χ4v) is 5.21. The molecule has 15 nitrogen and oxygen atoms in total. The zero-order valence-corrected chi connectivity index (χ0v) is 29.2. The Kier molecular flexibility index (Phi) is 10.6. The van der Waals surface area contributed by atoms with Crippen molar-refractivity contribution in [2.24, 2.45) is 0 Å². The largest absolute Gasteiger partial charge is 0.493 e. The molecular weight excluding hydrogens is 628 g/mol. The number of hydrogen-bond donors (Lipinski definition) is 3. The van der Waals surface area contributed by atoms with Crippen LogP contribution in [0, 0.1) is 34.6 Å². The summed E-state index contributed by atoms with van der Waals surface area (Å²) in [6.07, 6.45) is 0. The predicted octanol–water partition coefficient (Wildman–Crippen LogP) is 4.54. The van der Waals surface area contributed by atoms with E-state index in [1.165, 1.54) is 0 Å². The molecule has 6 aromatic rings. The van der Waals surface area contributed by atoms with Crippen molar-refractivity contribution in [3.8, 4) is 23.0 Å². The van der Waals surface area contributed by atoms with E-state index in [0.29, 0.717) is 65.0 Å². The first-order valence-corrected chi connectivity index (χ1v) is 15.5. The number of hydrogen-bond acceptors (Lipinski definition) is 13. The summed E-state index contributed by atoms with van der Waals surface area (Å²) >= 11 is 0. The lowest BCUT2D eigenvalue weighted by atomic mass is 10.2. The molecule has 0 radical (unpaired) electrons. The quantitative estimate of drug-likeness (QED) is 0.176. The Bertz CT molecular complexity index is 2090. The molecule has 0 saturated heterocycles. The molecule has 2 aromatic carbocycles. The fourth-order valence-electron chi connectivity index (χ4n) is 5.21. The highest BCUT2D eigenvalue weighted by atomic mass is 16.5. The first kappa shape index (κ1) is 34.6. The van der Waals surface area contributed by atoms with E-state index in [2.05, 4.69) is 40.8 Å². The summed E-state index contributed by atoms with van der Waals surface area (Å²) in [4.78, 5) is 18.0. The zero-order chi connectivity index (χ0) is 35.2. The fraction of sp³-hybridized carbons (Fsp3) is 0.353. The third-order valence-corrected chi connectivity index (χ3v) is 7.91. The summed E-state index contributed by atoms with van der Waals surface area (Å²) in [6, 6.07) is 11.5. The minimum atomic E-state index is -0.129. The van der Waals surface area contributed by atoms with E-state index in [-0.39, 0.29) is 6.61 Å². The van der Waals surface area contributed by atoms with Crippen LogP contribution in [-0.4, -0.2) is 72.7 Å². The molecule has 0 aliphatic carbocycles. The van der Waals surface area contributed by atoms with Gasteiger partial charge in [-0.1, -0.05) is 12.1 Å². The van der Waals surface area contributed by atoms with Gasteiger partial charge in [-0.3, -0.25) is 0 Å². The number of benzene rings is 2. The molecule has 15 heteroatoms. The lowest BCUT2D eigenvalue weighted by molar-refractivity contribution is 0.281. The third-order valence-electron chi connectivity index (χ3n) is 7.91. The number of aliphatic hydroxyl groups excluding tert-OH is 1. The molecule has 258 valence electrons. The van der Waals surface area contributed by atoms with E-state index in [1.807, 2.05) is 71.0 Å². The van der Waals surface area contributed by atoms with Gasteiger partial charge < -0.3 is 34.7 Å². The summed E-state index contributed by atoms with van der Waals surface area (Å²) in [7, 11) is 6.46. The van der Waals surface area contributed by atoms with Crippen LogP contribution >= 0.6 is 0 Å². The van der Waals surface area contributed by atoms with Gasteiger partial charge in [-0.25, -0.2) is 19.9 Å². The third kappa shape index (κ3) is 7.41. The van der Waals surface area contributed by atoms with E-state index >= 15 is 0 Å². The van der Waals surface area contributed by atoms with Crippen molar-refractivity contribution in [3.05, 3.63) is 81.7 Å². The Labute approximate surface area is 284 Å². The second-order valence-electron chi connectivity index (χ2n) is 11.2. The number of ether oxygens (including phenoxy) is 4. The second-order valence-corrected chi connectivity index (χ2v) is 11.2. The topological polar surface area (TPSA) is 167 Å². The molecule has 3 N–H and O–H groups in total. The van der Waals surface area contributed by atoms with Crippen molar-refractivity contribution in [1.82, 2.24) is 39.2 Å². The van der Waals surface area contributed by atoms with Crippen LogP contribution in [0.25, 0.3) is 11.3 Å². The minimum absolute atomic E-state index is 0.129. The molecular formula is C34H42N10O5. The second kappa shape index (κ2) is 15.0. The number of methoxy groups -OCH3 is 4. The smallest absolute Gasteiger partial charge is 0.226 e. The van der Waals surface area contributed by atoms with Gasteiger partial charge in [0.05, 0.1) is 40.7 Å². The van der Waals surface area contributed by atoms with Gasteiger partial charge in [0.25, 0.3) is 0 Å². The van der Waals surface area contributed by atoms with Gasteiger partial charge in [0.15, 0.2) is 34.3 Å². The minimum Gasteiger partial charge on any atom is -0.493 e. The molecule has 4 aromatic heterocycles. The highest BCUT2D eigenvalue weighted by Crippen LogP contribution is 2.29. The van der Waals surface area contributed by atoms with Gasteiger partial charge >= 0.3 is 0 Å². The Balaban J connectivity index is 0.000000191. The Hall–Kier alpha value is -5.70. The maximum absolute atomic E-state index is 9.56. The van der Waals surface area contributed by atoms with Crippen LogP contribution in [0.15, 0.2) is 36.4 Å². The highest BCUT2D eigenvalue weighted by molar-refractivity contribution is 5.55. The van der Waals surface area contributed by atoms with E-state index in [4.69, 9.17) is 18.9 Å². The summed E-state index contributed by atoms with van der Waals surface area (Å²) in [5.41, 5.74) is 6.87. The van der Waals surface area contributed by atoms with E-state index < -0.39 is 0 Å². The number of fused-ring (bicyclic) bond motifs is 2. The van der Waals surface area contributed by atoms with E-state index in [9.17, 15) is 5.11 Å². The average Bonchev–Trinajstić information content (AvgIpc) is 3.70. The molecule has 0 atom stereocenters. The molecule has 0 saturated carbocycles. The molecule has 0 unspecified atom stereocenters. The molecule has 0 fully saturated rings. The Morgan fingerprint density at radius 2 is 1.04 bits per heavy atom. The van der Waals surface area contributed by atoms with Crippen molar-refractivity contribution >= 4 is 23.2 Å². The number of aryl methyl sites for hydroxylation is 5. The van der Waals surface area contributed by atoms with E-state index in [0.717, 1.165) is 39.5 Å². The molecule has 0 aliphatic heterocycles. The first-order valence-electron chi connectivity index (χ1n) is 15.5. The lowest BCUT2D eigenvalue weighted by Gasteiger charge is -2.12. The number of nitrogens with one attached hydrogen (secondary N) is 2. The van der Waals surface area contributed by atoms with Crippen LogP contribution in [0.4, 0.5) is 11.9 Å². The standard InChI is InChI=1S/C17H21N5O3.C17H21N5O2/c1-10-13(9-23)16-20-11(2)21-22(16)17(19-10)18-8-12-5-6-14(24-3)15(7-12)25-4;1-10-11(2)19-17(22-16(10)20-12(3)21-22)18-9-13-6-7-14(23-4)15(8-13)24-5/h5-7,23H,8-9H2,1-4H3,(H,18,19);6-8H,9H2,1-5H3,(H,18,19). The monoisotopic (exact) mass is 670 g/mol. The molecule has 6 rings (SSSR count). The Morgan fingerprint density at radius 3 is 1.51 bits per heavy atom. The van der Waals surface area contributed by atoms with Crippen molar-refractivity contribution in [2.45, 2.75) is 54.3 Å². The van der Waals surface area contributed by atoms with Gasteiger partial charge in [-0.2, -0.15) is 9.03 Å². The van der Waals surface area contributed by atoms with Crippen LogP contribution in [0.1, 0.15) is 45.3 Å². The molecule has 0 aliphatic rings. The van der Waals surface area contributed by atoms with Gasteiger partial charge in [0.2, 0.25) is 11.9 Å². The summed E-state index contributed by atoms with van der Waals surface area (Å²) < 4.78 is 24.6. The van der Waals surface area contributed by atoms with Crippen molar-refractivity contribution < 1.29 is 24.1 Å². The van der Waals surface area contributed by atoms with Crippen molar-refractivity contribution in [2.75, 3.05) is 39.1 Å². The van der Waals surface area contributed by atoms with Crippen LogP contribution in [0.2, 0.25) is 0 Å². The number of nitrogens with zero attached hydrogens (tertiary/aromatic N) is 8. The normalized spacial score (nSPS) is 10.9. The number of aliphatic hydroxyl groups is 1. The molecule has 0 spiro atoms. The SMILES string of the molecule is COc1ccc(CNc2nc(C)c(C)c3nc(C)nn23)cc1OC.COc1ccc(CNc2nc(C)c(CO)c3nc(C)nn23)cc1OC. The molecule has 0 bridgehead atoms. The maximum Gasteiger partial charge on any atom is 0.226 e. The number of rotatable bonds is 11. The van der Waals surface area contributed by atoms with Crippen LogP contribution < -0.4 is 29.6 Å². The van der Waals surface area contributed by atoms with Crippen LogP contribution in [-0.2, 0) is 19.7 Å². The predicted molar refractivity (Wildman–Crippen MR) is 185 cm³/mol. The van der Waals surface area contributed by atoms with Gasteiger partial charge in [0.1, 0.15) is 11.6 Å². The molecule has 4 heterocycles. The lowest BCUT2D eigenvalue weighted by Crippen LogP contribution is -2.11. The Morgan fingerprint density at radius 1 is 0.592 bits per heavy atom. The average molecular weight is 671 g/mol. The summed E-state index contributed by atoms with van der Waals surface area (Å²) in [5.74, 6) is 5.34. The first-order chi connectivity index (χ1) is 23.6. The molecule has 0 amide bonds. The summed E-state index contributed by atoms with van der Waals surface area (Å²) in [6.45, 7) is 10.5. The van der Waals surface area contributed by atoms with Crippen LogP contribution in [0.5, 0.6) is 23.0 Å². The van der Waals surface area contributed by atoms with Crippen LogP contribution in [0.3, 0.4) is 0 Å². The maximum atomic E-state index is 9.56. The van der Waals surface area contributed by atoms with Gasteiger partial charge in [-0.15, -0.1) is 10.2 Å². The van der Waals surface area contributed by atoms with Crippen molar-refractivity contribution in [1.29, 1.82) is 0 Å². The van der Waals surface area contributed by atoms with E-state index in [1.54, 1.807) is 37.5 Å². The number of aromatic nitrogens is 8. The zero-order valence-electron chi connectivity index (χ0n) is 29.2. The van der Waals surface area contributed by atoms with Crippen molar-refractivity contribution in [3.63, 3.8) is 0 Å². The number of anilines is 2. The molecule has 49 heavy (non-hydrogen) atoms. The van der Waals surface area contributed by atoms with Gasteiger partial charge in [-0.05, 0) is 70.0 Å². The highest BCUT2D eigenvalue weighted by Gasteiger charge is 2.15. The summed E-state index contributed by atoms with van der Waals surface area (Å²) in [5, 5.41) is 24.9. The van der Waals surface area contributed by atoms with Gasteiger partial charge in [0, 0.05) is 29.9 Å².